The molecule has 5 rings (SSSR count). The van der Waals surface area contributed by atoms with Crippen LogP contribution in [0.1, 0.15) is 12.0 Å². The minimum atomic E-state index is -3.72. The number of halogens is 1. The summed E-state index contributed by atoms with van der Waals surface area (Å²) in [5, 5.41) is 9.54. The Morgan fingerprint density at radius 1 is 1.10 bits per heavy atom. The van der Waals surface area contributed by atoms with Crippen LogP contribution in [-0.2, 0) is 22.0 Å². The number of nitrogen functional groups attached to an aromatic ring is 1. The number of hydrogen-bond donors (Lipinski definition) is 1. The lowest BCUT2D eigenvalue weighted by atomic mass is 10.1. The third-order valence-corrected chi connectivity index (χ3v) is 6.25. The molecule has 0 aliphatic heterocycles. The van der Waals surface area contributed by atoms with Crippen molar-refractivity contribution in [3.63, 3.8) is 0 Å². The first kappa shape index (κ1) is 19.5. The van der Waals surface area contributed by atoms with Crippen LogP contribution in [0.4, 0.5) is 5.95 Å². The SMILES string of the molecule is Nc1nc2c(cnn2CCCc2ccc(S(=O)(=O)Cl)cc2)c2nc(-c3ccco3)nn12. The fourth-order valence-electron chi connectivity index (χ4n) is 3.38. The van der Waals surface area contributed by atoms with E-state index in [-0.39, 0.29) is 10.8 Å². The number of fused-ring (bicyclic) bond motifs is 3. The number of nitrogens with zero attached hydrogens (tertiary/aromatic N) is 6. The molecule has 1 aromatic carbocycles. The number of benzene rings is 1. The first-order chi connectivity index (χ1) is 14.9. The normalized spacial score (nSPS) is 12.2. The van der Waals surface area contributed by atoms with Crippen molar-refractivity contribution in [1.82, 2.24) is 29.4 Å². The molecule has 0 saturated heterocycles. The van der Waals surface area contributed by atoms with Gasteiger partial charge in [-0.25, -0.2) is 18.1 Å². The number of aromatic nitrogens is 6. The van der Waals surface area contributed by atoms with E-state index >= 15 is 0 Å². The smallest absolute Gasteiger partial charge is 0.261 e. The Morgan fingerprint density at radius 3 is 2.61 bits per heavy atom. The molecular formula is C19H16ClN7O3S. The lowest BCUT2D eigenvalue weighted by Crippen LogP contribution is -2.06. The summed E-state index contributed by atoms with van der Waals surface area (Å²) in [6.45, 7) is 0.598. The molecule has 0 aliphatic rings. The Kier molecular flexibility index (Phi) is 4.63. The Balaban J connectivity index is 1.38. The van der Waals surface area contributed by atoms with Crippen LogP contribution in [0.25, 0.3) is 28.3 Å². The van der Waals surface area contributed by atoms with Crippen molar-refractivity contribution in [3.05, 3.63) is 54.4 Å². The van der Waals surface area contributed by atoms with Crippen LogP contribution < -0.4 is 5.73 Å². The lowest BCUT2D eigenvalue weighted by molar-refractivity contribution is 0.577. The first-order valence-electron chi connectivity index (χ1n) is 9.35. The quantitative estimate of drug-likeness (QED) is 0.384. The van der Waals surface area contributed by atoms with Gasteiger partial charge < -0.3 is 10.2 Å². The maximum Gasteiger partial charge on any atom is 0.261 e. The Labute approximate surface area is 180 Å². The van der Waals surface area contributed by atoms with Gasteiger partial charge in [-0.15, -0.1) is 5.10 Å². The largest absolute Gasteiger partial charge is 0.461 e. The lowest BCUT2D eigenvalue weighted by Gasteiger charge is -2.05. The molecule has 0 saturated carbocycles. The average molecular weight is 458 g/mol. The Hall–Kier alpha value is -3.44. The highest BCUT2D eigenvalue weighted by molar-refractivity contribution is 8.13. The monoisotopic (exact) mass is 457 g/mol. The summed E-state index contributed by atoms with van der Waals surface area (Å²) in [5.41, 5.74) is 8.27. The molecule has 5 aromatic rings. The molecule has 0 unspecified atom stereocenters. The van der Waals surface area contributed by atoms with Gasteiger partial charge in [-0.05, 0) is 42.7 Å². The van der Waals surface area contributed by atoms with Gasteiger partial charge in [-0.1, -0.05) is 12.1 Å². The zero-order valence-electron chi connectivity index (χ0n) is 16.0. The molecule has 0 aliphatic carbocycles. The minimum absolute atomic E-state index is 0.0851. The van der Waals surface area contributed by atoms with E-state index in [1.165, 1.54) is 16.6 Å². The summed E-state index contributed by atoms with van der Waals surface area (Å²) in [6.07, 6.45) is 4.74. The number of rotatable bonds is 6. The molecule has 0 bridgehead atoms. The second-order valence-electron chi connectivity index (χ2n) is 6.91. The number of aryl methyl sites for hydroxylation is 2. The topological polar surface area (TPSA) is 134 Å². The van der Waals surface area contributed by atoms with Crippen molar-refractivity contribution in [2.75, 3.05) is 5.73 Å². The van der Waals surface area contributed by atoms with E-state index in [1.807, 2.05) is 0 Å². The number of nitrogens with two attached hydrogens (primary N) is 1. The summed E-state index contributed by atoms with van der Waals surface area (Å²) in [5.74, 6) is 1.16. The van der Waals surface area contributed by atoms with Crippen LogP contribution in [0, 0.1) is 0 Å². The fourth-order valence-corrected chi connectivity index (χ4v) is 4.15. The molecule has 0 amide bonds. The van der Waals surface area contributed by atoms with Gasteiger partial charge >= 0.3 is 0 Å². The number of anilines is 1. The van der Waals surface area contributed by atoms with E-state index in [4.69, 9.17) is 20.8 Å². The van der Waals surface area contributed by atoms with Gasteiger partial charge in [0, 0.05) is 17.2 Å². The van der Waals surface area contributed by atoms with Gasteiger partial charge in [0.15, 0.2) is 17.1 Å². The van der Waals surface area contributed by atoms with Gasteiger partial charge in [0.25, 0.3) is 9.05 Å². The zero-order valence-corrected chi connectivity index (χ0v) is 17.6. The maximum atomic E-state index is 11.3. The van der Waals surface area contributed by atoms with Crippen molar-refractivity contribution >= 4 is 42.4 Å². The van der Waals surface area contributed by atoms with Crippen LogP contribution >= 0.6 is 10.7 Å². The molecule has 10 nitrogen and oxygen atoms in total. The summed E-state index contributed by atoms with van der Waals surface area (Å²) < 4.78 is 31.3. The van der Waals surface area contributed by atoms with E-state index in [9.17, 15) is 8.42 Å². The van der Waals surface area contributed by atoms with Gasteiger partial charge in [-0.3, -0.25) is 0 Å². The molecule has 12 heteroatoms. The van der Waals surface area contributed by atoms with Gasteiger partial charge in [0.2, 0.25) is 11.8 Å². The van der Waals surface area contributed by atoms with Crippen LogP contribution in [0.3, 0.4) is 0 Å². The molecule has 0 fully saturated rings. The molecular weight excluding hydrogens is 442 g/mol. The third kappa shape index (κ3) is 3.62. The average Bonchev–Trinajstić information content (AvgIpc) is 3.47. The molecule has 0 atom stereocenters. The standard InChI is InChI=1S/C19H16ClN7O3S/c20-31(28,29)13-7-5-12(6-8-13)3-1-9-26-17-14(11-22-26)18-23-16(15-4-2-10-30-15)25-27(18)19(21)24-17/h2,4-8,10-11H,1,3,9H2,(H2,21,24). The van der Waals surface area contributed by atoms with Crippen LogP contribution in [-0.4, -0.2) is 37.8 Å². The molecule has 4 aromatic heterocycles. The second-order valence-corrected chi connectivity index (χ2v) is 9.47. The summed E-state index contributed by atoms with van der Waals surface area (Å²) in [6, 6.07) is 10.0. The Bertz CT molecular complexity index is 1490. The second kappa shape index (κ2) is 7.36. The Morgan fingerprint density at radius 2 is 1.90 bits per heavy atom. The highest BCUT2D eigenvalue weighted by Gasteiger charge is 2.17. The van der Waals surface area contributed by atoms with Crippen molar-refractivity contribution < 1.29 is 12.8 Å². The van der Waals surface area contributed by atoms with E-state index < -0.39 is 9.05 Å². The van der Waals surface area contributed by atoms with E-state index in [0.29, 0.717) is 29.4 Å². The summed E-state index contributed by atoms with van der Waals surface area (Å²) in [7, 11) is 1.63. The van der Waals surface area contributed by atoms with E-state index in [0.717, 1.165) is 23.8 Å². The number of hydrogen-bond acceptors (Lipinski definition) is 8. The first-order valence-corrected chi connectivity index (χ1v) is 11.7. The van der Waals surface area contributed by atoms with Crippen molar-refractivity contribution in [2.24, 2.45) is 0 Å². The van der Waals surface area contributed by atoms with Gasteiger partial charge in [0.1, 0.15) is 0 Å². The van der Waals surface area contributed by atoms with Crippen molar-refractivity contribution in [1.29, 1.82) is 0 Å². The molecule has 0 radical (unpaired) electrons. The summed E-state index contributed by atoms with van der Waals surface area (Å²) >= 11 is 0. The van der Waals surface area contributed by atoms with Gasteiger partial charge in [0.05, 0.1) is 22.7 Å². The third-order valence-electron chi connectivity index (χ3n) is 4.88. The molecule has 31 heavy (non-hydrogen) atoms. The number of furan rings is 1. The molecule has 2 N–H and O–H groups in total. The highest BCUT2D eigenvalue weighted by Crippen LogP contribution is 2.24. The van der Waals surface area contributed by atoms with E-state index in [2.05, 4.69) is 20.2 Å². The predicted molar refractivity (Wildman–Crippen MR) is 114 cm³/mol. The van der Waals surface area contributed by atoms with Gasteiger partial charge in [-0.2, -0.15) is 14.6 Å². The molecule has 0 spiro atoms. The van der Waals surface area contributed by atoms with Crippen LogP contribution in [0.5, 0.6) is 0 Å². The highest BCUT2D eigenvalue weighted by atomic mass is 35.7. The van der Waals surface area contributed by atoms with Crippen LogP contribution in [0.15, 0.2) is 58.2 Å². The predicted octanol–water partition coefficient (Wildman–Crippen LogP) is 2.88. The van der Waals surface area contributed by atoms with Crippen molar-refractivity contribution in [3.8, 4) is 11.6 Å². The maximum absolute atomic E-state index is 11.3. The minimum Gasteiger partial charge on any atom is -0.461 e. The van der Waals surface area contributed by atoms with Crippen LogP contribution in [0.2, 0.25) is 0 Å². The molecule has 158 valence electrons. The molecule has 4 heterocycles. The summed E-state index contributed by atoms with van der Waals surface area (Å²) in [4.78, 5) is 9.07. The van der Waals surface area contributed by atoms with E-state index in [1.54, 1.807) is 41.4 Å². The van der Waals surface area contributed by atoms with Crippen molar-refractivity contribution in [2.45, 2.75) is 24.3 Å². The fraction of sp³-hybridized carbons (Fsp3) is 0.158. The zero-order chi connectivity index (χ0) is 21.6.